The highest BCUT2D eigenvalue weighted by molar-refractivity contribution is 6.05. The van der Waals surface area contributed by atoms with E-state index in [2.05, 4.69) is 5.32 Å². The molecule has 2 rings (SSSR count). The number of carbonyl (C=O) groups is 2. The molecule has 114 valence electrons. The van der Waals surface area contributed by atoms with Crippen LogP contribution < -0.4 is 5.32 Å². The molecule has 5 heteroatoms. The van der Waals surface area contributed by atoms with Crippen LogP contribution >= 0.6 is 0 Å². The van der Waals surface area contributed by atoms with E-state index < -0.39 is 0 Å². The van der Waals surface area contributed by atoms with Crippen molar-refractivity contribution in [3.05, 3.63) is 0 Å². The number of hydrogen-bond acceptors (Lipinski definition) is 4. The minimum atomic E-state index is -0.333. The van der Waals surface area contributed by atoms with Crippen LogP contribution in [0.2, 0.25) is 0 Å². The normalized spacial score (nSPS) is 29.0. The lowest BCUT2D eigenvalue weighted by molar-refractivity contribution is -0.141. The van der Waals surface area contributed by atoms with Crippen LogP contribution in [0, 0.1) is 0 Å². The van der Waals surface area contributed by atoms with Gasteiger partial charge in [-0.25, -0.2) is 0 Å². The number of ether oxygens (including phenoxy) is 1. The molecule has 0 aromatic rings. The summed E-state index contributed by atoms with van der Waals surface area (Å²) in [6.07, 6.45) is 5.83. The van der Waals surface area contributed by atoms with Crippen LogP contribution in [0.15, 0.2) is 0 Å². The Balaban J connectivity index is 1.76. The first kappa shape index (κ1) is 15.4. The SMILES string of the molecule is CCC(C)N1C(=O)CC(NCCC2CCCCO2)C1=O. The van der Waals surface area contributed by atoms with E-state index in [0.717, 1.165) is 38.8 Å². The average Bonchev–Trinajstić information content (AvgIpc) is 2.74. The molecule has 3 unspecified atom stereocenters. The summed E-state index contributed by atoms with van der Waals surface area (Å²) in [6.45, 7) is 5.51. The van der Waals surface area contributed by atoms with Crippen molar-refractivity contribution in [2.45, 2.75) is 70.6 Å². The molecule has 2 aliphatic heterocycles. The van der Waals surface area contributed by atoms with Crippen molar-refractivity contribution < 1.29 is 14.3 Å². The van der Waals surface area contributed by atoms with Crippen molar-refractivity contribution in [1.82, 2.24) is 10.2 Å². The van der Waals surface area contributed by atoms with Gasteiger partial charge in [-0.15, -0.1) is 0 Å². The number of hydrogen-bond donors (Lipinski definition) is 1. The molecule has 1 N–H and O–H groups in total. The molecule has 2 saturated heterocycles. The van der Waals surface area contributed by atoms with Crippen LogP contribution in [0.4, 0.5) is 0 Å². The molecular formula is C15H26N2O3. The molecule has 0 bridgehead atoms. The van der Waals surface area contributed by atoms with Gasteiger partial charge in [0.25, 0.3) is 0 Å². The Labute approximate surface area is 121 Å². The molecule has 2 amide bonds. The number of rotatable bonds is 6. The van der Waals surface area contributed by atoms with Crippen LogP contribution in [0.25, 0.3) is 0 Å². The van der Waals surface area contributed by atoms with Gasteiger partial charge in [0.2, 0.25) is 11.8 Å². The number of imide groups is 1. The molecule has 0 radical (unpaired) electrons. The van der Waals surface area contributed by atoms with Gasteiger partial charge in [-0.3, -0.25) is 14.5 Å². The van der Waals surface area contributed by atoms with Crippen molar-refractivity contribution in [3.8, 4) is 0 Å². The predicted molar refractivity (Wildman–Crippen MR) is 76.2 cm³/mol. The summed E-state index contributed by atoms with van der Waals surface area (Å²) in [6, 6.07) is -0.330. The van der Waals surface area contributed by atoms with Crippen LogP contribution in [0.1, 0.15) is 52.4 Å². The molecule has 0 saturated carbocycles. The Hall–Kier alpha value is -0.940. The van der Waals surface area contributed by atoms with Gasteiger partial charge in [0.1, 0.15) is 0 Å². The molecule has 20 heavy (non-hydrogen) atoms. The lowest BCUT2D eigenvalue weighted by Crippen LogP contribution is -2.43. The Morgan fingerprint density at radius 3 is 2.85 bits per heavy atom. The second-order valence-electron chi connectivity index (χ2n) is 5.85. The maximum atomic E-state index is 12.2. The molecule has 2 heterocycles. The van der Waals surface area contributed by atoms with Crippen molar-refractivity contribution in [3.63, 3.8) is 0 Å². The fraction of sp³-hybridized carbons (Fsp3) is 0.867. The van der Waals surface area contributed by atoms with Gasteiger partial charge in [-0.05, 0) is 45.6 Å². The fourth-order valence-electron chi connectivity index (χ4n) is 2.91. The van der Waals surface area contributed by atoms with Crippen molar-refractivity contribution >= 4 is 11.8 Å². The van der Waals surface area contributed by atoms with E-state index in [4.69, 9.17) is 4.74 Å². The number of amides is 2. The van der Waals surface area contributed by atoms with Crippen LogP contribution in [-0.4, -0.2) is 48.1 Å². The highest BCUT2D eigenvalue weighted by Crippen LogP contribution is 2.19. The third-order valence-electron chi connectivity index (χ3n) is 4.35. The molecule has 2 fully saturated rings. The third-order valence-corrected chi connectivity index (χ3v) is 4.35. The summed E-state index contributed by atoms with van der Waals surface area (Å²) in [5.74, 6) is -0.107. The van der Waals surface area contributed by atoms with E-state index in [-0.39, 0.29) is 23.9 Å². The molecule has 0 aromatic heterocycles. The zero-order valence-corrected chi connectivity index (χ0v) is 12.6. The standard InChI is InChI=1S/C15H26N2O3/c1-3-11(2)17-14(18)10-13(15(17)19)16-8-7-12-6-4-5-9-20-12/h11-13,16H,3-10H2,1-2H3. The molecular weight excluding hydrogens is 256 g/mol. The Morgan fingerprint density at radius 1 is 1.40 bits per heavy atom. The van der Waals surface area contributed by atoms with Crippen LogP contribution in [-0.2, 0) is 14.3 Å². The summed E-state index contributed by atoms with van der Waals surface area (Å²) in [5.41, 5.74) is 0. The fourth-order valence-corrected chi connectivity index (χ4v) is 2.91. The first-order valence-corrected chi connectivity index (χ1v) is 7.84. The van der Waals surface area contributed by atoms with Gasteiger partial charge < -0.3 is 10.1 Å². The Bertz CT molecular complexity index is 353. The Kier molecular flexibility index (Phi) is 5.54. The van der Waals surface area contributed by atoms with Gasteiger partial charge in [0, 0.05) is 12.6 Å². The number of likely N-dealkylation sites (tertiary alicyclic amines) is 1. The van der Waals surface area contributed by atoms with Gasteiger partial charge >= 0.3 is 0 Å². The van der Waals surface area contributed by atoms with E-state index in [1.165, 1.54) is 11.3 Å². The smallest absolute Gasteiger partial charge is 0.247 e. The average molecular weight is 282 g/mol. The molecule has 2 aliphatic rings. The quantitative estimate of drug-likeness (QED) is 0.749. The van der Waals surface area contributed by atoms with E-state index in [9.17, 15) is 9.59 Å². The summed E-state index contributed by atoms with van der Waals surface area (Å²) in [7, 11) is 0. The van der Waals surface area contributed by atoms with Crippen molar-refractivity contribution in [2.24, 2.45) is 0 Å². The van der Waals surface area contributed by atoms with Crippen molar-refractivity contribution in [2.75, 3.05) is 13.2 Å². The highest BCUT2D eigenvalue weighted by Gasteiger charge is 2.40. The predicted octanol–water partition coefficient (Wildman–Crippen LogP) is 1.46. The first-order valence-electron chi connectivity index (χ1n) is 7.84. The lowest BCUT2D eigenvalue weighted by Gasteiger charge is -2.24. The van der Waals surface area contributed by atoms with Crippen molar-refractivity contribution in [1.29, 1.82) is 0 Å². The zero-order valence-electron chi connectivity index (χ0n) is 12.6. The minimum Gasteiger partial charge on any atom is -0.378 e. The number of nitrogens with one attached hydrogen (secondary N) is 1. The summed E-state index contributed by atoms with van der Waals surface area (Å²) >= 11 is 0. The van der Waals surface area contributed by atoms with E-state index >= 15 is 0 Å². The second-order valence-corrected chi connectivity index (χ2v) is 5.85. The molecule has 3 atom stereocenters. The summed E-state index contributed by atoms with van der Waals surface area (Å²) in [5, 5.41) is 3.23. The van der Waals surface area contributed by atoms with E-state index in [1.54, 1.807) is 0 Å². The second kappa shape index (κ2) is 7.18. The Morgan fingerprint density at radius 2 is 2.20 bits per heavy atom. The first-order chi connectivity index (χ1) is 9.63. The largest absolute Gasteiger partial charge is 0.378 e. The van der Waals surface area contributed by atoms with Gasteiger partial charge in [-0.2, -0.15) is 0 Å². The number of carbonyl (C=O) groups excluding carboxylic acids is 2. The maximum absolute atomic E-state index is 12.2. The third kappa shape index (κ3) is 3.58. The minimum absolute atomic E-state index is 0.00322. The van der Waals surface area contributed by atoms with E-state index in [0.29, 0.717) is 12.5 Å². The monoisotopic (exact) mass is 282 g/mol. The summed E-state index contributed by atoms with van der Waals surface area (Å²) in [4.78, 5) is 25.5. The molecule has 0 spiro atoms. The topological polar surface area (TPSA) is 58.6 Å². The van der Waals surface area contributed by atoms with Gasteiger partial charge in [0.15, 0.2) is 0 Å². The summed E-state index contributed by atoms with van der Waals surface area (Å²) < 4.78 is 5.67. The molecule has 5 nitrogen and oxygen atoms in total. The van der Waals surface area contributed by atoms with E-state index in [1.807, 2.05) is 13.8 Å². The lowest BCUT2D eigenvalue weighted by atomic mass is 10.1. The number of nitrogens with zero attached hydrogens (tertiary/aromatic N) is 1. The van der Waals surface area contributed by atoms with Crippen LogP contribution in [0.3, 0.4) is 0 Å². The van der Waals surface area contributed by atoms with Gasteiger partial charge in [0.05, 0.1) is 18.6 Å². The molecule has 0 aromatic carbocycles. The zero-order chi connectivity index (χ0) is 14.5. The maximum Gasteiger partial charge on any atom is 0.247 e. The van der Waals surface area contributed by atoms with Crippen LogP contribution in [0.5, 0.6) is 0 Å². The molecule has 0 aliphatic carbocycles. The van der Waals surface area contributed by atoms with Gasteiger partial charge in [-0.1, -0.05) is 6.92 Å². The highest BCUT2D eigenvalue weighted by atomic mass is 16.5.